The molecule has 0 unspecified atom stereocenters. The first kappa shape index (κ1) is 28.7. The van der Waals surface area contributed by atoms with Crippen molar-refractivity contribution in [1.29, 1.82) is 0 Å². The molecule has 9 heteroatoms. The van der Waals surface area contributed by atoms with Crippen molar-refractivity contribution in [1.82, 2.24) is 0 Å². The number of rotatable bonds is 10. The van der Waals surface area contributed by atoms with Crippen LogP contribution in [0.25, 0.3) is 10.8 Å². The summed E-state index contributed by atoms with van der Waals surface area (Å²) in [5.41, 5.74) is 7.87. The first-order valence-electron chi connectivity index (χ1n) is 12.6. The average Bonchev–Trinajstić information content (AvgIpc) is 2.95. The molecular formula is C31H30BrN3O5. The van der Waals surface area contributed by atoms with E-state index in [4.69, 9.17) is 15.2 Å². The van der Waals surface area contributed by atoms with Gasteiger partial charge in [0.05, 0.1) is 23.2 Å². The zero-order valence-electron chi connectivity index (χ0n) is 21.8. The van der Waals surface area contributed by atoms with E-state index in [1.165, 1.54) is 19.3 Å². The van der Waals surface area contributed by atoms with E-state index in [0.29, 0.717) is 39.9 Å². The van der Waals surface area contributed by atoms with Crippen LogP contribution in [-0.2, 0) is 14.3 Å². The second kappa shape index (κ2) is 13.6. The number of fused-ring (bicyclic) bond motifs is 1. The lowest BCUT2D eigenvalue weighted by molar-refractivity contribution is -0.111. The summed E-state index contributed by atoms with van der Waals surface area (Å²) in [6, 6.07) is 25.2. The van der Waals surface area contributed by atoms with Gasteiger partial charge in [-0.2, -0.15) is 0 Å². The highest BCUT2D eigenvalue weighted by Gasteiger charge is 2.29. The van der Waals surface area contributed by atoms with Gasteiger partial charge in [-0.15, -0.1) is 0 Å². The molecule has 4 rings (SSSR count). The lowest BCUT2D eigenvalue weighted by atomic mass is 9.99. The highest BCUT2D eigenvalue weighted by Crippen LogP contribution is 2.35. The van der Waals surface area contributed by atoms with Crippen LogP contribution in [0, 0.1) is 0 Å². The molecule has 8 nitrogen and oxygen atoms in total. The average molecular weight is 605 g/mol. The van der Waals surface area contributed by atoms with E-state index in [1.807, 2.05) is 36.4 Å². The molecule has 0 bridgehead atoms. The maximum atomic E-state index is 13.1. The highest BCUT2D eigenvalue weighted by molar-refractivity contribution is 9.10. The summed E-state index contributed by atoms with van der Waals surface area (Å²) in [4.78, 5) is 25.4. The van der Waals surface area contributed by atoms with E-state index in [9.17, 15) is 14.7 Å². The number of anilines is 3. The summed E-state index contributed by atoms with van der Waals surface area (Å²) >= 11 is 3.42. The van der Waals surface area contributed by atoms with Crippen LogP contribution in [-0.4, -0.2) is 30.3 Å². The molecule has 0 aliphatic heterocycles. The first-order valence-corrected chi connectivity index (χ1v) is 13.4. The van der Waals surface area contributed by atoms with Crippen molar-refractivity contribution in [3.05, 3.63) is 107 Å². The predicted octanol–water partition coefficient (Wildman–Crippen LogP) is 7.17. The van der Waals surface area contributed by atoms with Crippen LogP contribution >= 0.6 is 15.9 Å². The van der Waals surface area contributed by atoms with Crippen molar-refractivity contribution < 1.29 is 24.2 Å². The molecule has 40 heavy (non-hydrogen) atoms. The number of amides is 2. The Labute approximate surface area is 240 Å². The van der Waals surface area contributed by atoms with E-state index in [0.717, 1.165) is 10.8 Å². The molecule has 0 aliphatic carbocycles. The molecule has 4 aromatic carbocycles. The lowest BCUT2D eigenvalue weighted by Crippen LogP contribution is -2.28. The number of hydrogen-bond acceptors (Lipinski definition) is 6. The van der Waals surface area contributed by atoms with Gasteiger partial charge in [-0.3, -0.25) is 10.1 Å². The Morgan fingerprint density at radius 3 is 2.50 bits per heavy atom. The number of nitrogens with one attached hydrogen (secondary N) is 2. The third-order valence-electron chi connectivity index (χ3n) is 6.30. The molecule has 5 N–H and O–H groups in total. The van der Waals surface area contributed by atoms with Crippen LogP contribution in [0.15, 0.2) is 102 Å². The van der Waals surface area contributed by atoms with E-state index in [1.54, 1.807) is 48.5 Å². The van der Waals surface area contributed by atoms with Crippen LogP contribution in [0.2, 0.25) is 0 Å². The molecule has 0 fully saturated rings. The number of halogens is 1. The number of nitrogen functional groups attached to an aromatic ring is 1. The first-order chi connectivity index (χ1) is 19.4. The van der Waals surface area contributed by atoms with Crippen LogP contribution < -0.4 is 16.4 Å². The van der Waals surface area contributed by atoms with Crippen LogP contribution in [0.5, 0.6) is 5.75 Å². The summed E-state index contributed by atoms with van der Waals surface area (Å²) < 4.78 is 12.3. The monoisotopic (exact) mass is 603 g/mol. The smallest absolute Gasteiger partial charge is 0.412 e. The van der Waals surface area contributed by atoms with E-state index < -0.39 is 18.3 Å². The molecular weight excluding hydrogens is 574 g/mol. The Bertz CT molecular complexity index is 1520. The molecule has 0 aliphatic rings. The van der Waals surface area contributed by atoms with Crippen molar-refractivity contribution in [2.75, 3.05) is 23.5 Å². The Morgan fingerprint density at radius 1 is 0.975 bits per heavy atom. The molecule has 206 valence electrons. The number of carbonyl (C=O) groups excluding carboxylic acids is 2. The third-order valence-corrected chi connectivity index (χ3v) is 6.80. The highest BCUT2D eigenvalue weighted by atomic mass is 79.9. The summed E-state index contributed by atoms with van der Waals surface area (Å²) in [6.45, 7) is 0. The van der Waals surface area contributed by atoms with Crippen LogP contribution in [0.3, 0.4) is 0 Å². The van der Waals surface area contributed by atoms with Gasteiger partial charge >= 0.3 is 6.09 Å². The second-order valence-corrected chi connectivity index (χ2v) is 9.93. The SMILES string of the molecule is CO[C@H](CC/C=C/C(=O)Nc1ccccc1N)[C@H](OC(=O)Nc1cccc2ccccc12)c1cc(Br)ccc1O. The zero-order valence-corrected chi connectivity index (χ0v) is 23.4. The lowest BCUT2D eigenvalue weighted by Gasteiger charge is -2.27. The van der Waals surface area contributed by atoms with Gasteiger partial charge in [-0.1, -0.05) is 70.5 Å². The minimum absolute atomic E-state index is 0.0384. The van der Waals surface area contributed by atoms with Gasteiger partial charge in [0, 0.05) is 22.5 Å². The summed E-state index contributed by atoms with van der Waals surface area (Å²) in [7, 11) is 1.51. The van der Waals surface area contributed by atoms with Gasteiger partial charge in [0.25, 0.3) is 0 Å². The summed E-state index contributed by atoms with van der Waals surface area (Å²) in [5, 5.41) is 18.0. The van der Waals surface area contributed by atoms with Gasteiger partial charge in [0.1, 0.15) is 5.75 Å². The number of benzene rings is 4. The van der Waals surface area contributed by atoms with Crippen molar-refractivity contribution >= 4 is 55.8 Å². The van der Waals surface area contributed by atoms with Gasteiger partial charge in [0.15, 0.2) is 6.10 Å². The predicted molar refractivity (Wildman–Crippen MR) is 161 cm³/mol. The van der Waals surface area contributed by atoms with E-state index >= 15 is 0 Å². The molecule has 0 aromatic heterocycles. The van der Waals surface area contributed by atoms with Crippen molar-refractivity contribution in [2.24, 2.45) is 0 Å². The summed E-state index contributed by atoms with van der Waals surface area (Å²) in [5.74, 6) is -0.359. The Kier molecular flexibility index (Phi) is 9.77. The molecule has 0 heterocycles. The number of phenols is 1. The molecule has 0 saturated carbocycles. The number of methoxy groups -OCH3 is 1. The molecule has 2 amide bonds. The fourth-order valence-electron chi connectivity index (χ4n) is 4.31. The maximum absolute atomic E-state index is 13.1. The molecule has 0 spiro atoms. The van der Waals surface area contributed by atoms with Gasteiger partial charge in [-0.05, 0) is 60.7 Å². The molecule has 4 aromatic rings. The van der Waals surface area contributed by atoms with Crippen LogP contribution in [0.1, 0.15) is 24.5 Å². The number of aromatic hydroxyl groups is 1. The normalized spacial score (nSPS) is 12.7. The number of hydrogen-bond donors (Lipinski definition) is 4. The largest absolute Gasteiger partial charge is 0.508 e. The van der Waals surface area contributed by atoms with Crippen LogP contribution in [0.4, 0.5) is 21.9 Å². The number of carbonyl (C=O) groups is 2. The topological polar surface area (TPSA) is 123 Å². The third kappa shape index (κ3) is 7.40. The quantitative estimate of drug-likeness (QED) is 0.112. The number of allylic oxidation sites excluding steroid dienone is 1. The van der Waals surface area contributed by atoms with E-state index in [2.05, 4.69) is 26.6 Å². The standard InChI is InChI=1S/C31H30BrN3O5/c1-39-28(15-6-7-16-29(37)34-26-13-5-4-12-24(26)33)30(23-19-21(32)17-18-27(23)36)40-31(38)35-25-14-8-10-20-9-2-3-11-22(20)25/h2-5,7-14,16-19,28,30,36H,6,15,33H2,1H3,(H,34,37)(H,35,38)/b16-7+/t28-,30-/m1/s1. The van der Waals surface area contributed by atoms with Gasteiger partial charge in [-0.25, -0.2) is 4.79 Å². The molecule has 2 atom stereocenters. The van der Waals surface area contributed by atoms with Gasteiger partial charge < -0.3 is 25.6 Å². The Balaban J connectivity index is 1.48. The minimum atomic E-state index is -0.941. The fraction of sp³-hybridized carbons (Fsp3) is 0.161. The fourth-order valence-corrected chi connectivity index (χ4v) is 4.69. The molecule has 0 radical (unpaired) electrons. The summed E-state index contributed by atoms with van der Waals surface area (Å²) in [6.07, 6.45) is 1.69. The Morgan fingerprint density at radius 2 is 1.70 bits per heavy atom. The minimum Gasteiger partial charge on any atom is -0.508 e. The number of ether oxygens (including phenoxy) is 2. The number of para-hydroxylation sites is 2. The Hall–Kier alpha value is -4.34. The van der Waals surface area contributed by atoms with Crippen molar-refractivity contribution in [3.63, 3.8) is 0 Å². The number of phenolic OH excluding ortho intramolecular Hbond substituents is 1. The zero-order chi connectivity index (χ0) is 28.5. The molecule has 0 saturated heterocycles. The van der Waals surface area contributed by atoms with Crippen molar-refractivity contribution in [3.8, 4) is 5.75 Å². The number of nitrogens with two attached hydrogens (primary N) is 1. The maximum Gasteiger partial charge on any atom is 0.412 e. The van der Waals surface area contributed by atoms with E-state index in [-0.39, 0.29) is 11.7 Å². The van der Waals surface area contributed by atoms with Gasteiger partial charge in [0.2, 0.25) is 5.91 Å². The van der Waals surface area contributed by atoms with Crippen molar-refractivity contribution in [2.45, 2.75) is 25.0 Å². The second-order valence-electron chi connectivity index (χ2n) is 9.01.